The summed E-state index contributed by atoms with van der Waals surface area (Å²) < 4.78 is 0. The van der Waals surface area contributed by atoms with Crippen molar-refractivity contribution in [3.8, 4) is 0 Å². The molecular weight excluding hydrogens is 1280 g/mol. The van der Waals surface area contributed by atoms with Gasteiger partial charge in [-0.25, -0.2) is 0 Å². The van der Waals surface area contributed by atoms with Gasteiger partial charge in [-0.15, -0.1) is 45.5 Å². The Kier molecular flexibility index (Phi) is 23.8. The Morgan fingerprint density at radius 2 is 0.411 bits per heavy atom. The molecule has 0 aliphatic carbocycles. The molecule has 14 heteroatoms. The second-order valence-corrected chi connectivity index (χ2v) is 19.3. The van der Waals surface area contributed by atoms with Gasteiger partial charge in [0.1, 0.15) is 0 Å². The molecule has 6 aromatic carbocycles. The molecular formula is C76H56N12Ru2. The fourth-order valence-corrected chi connectivity index (χ4v) is 9.38. The Labute approximate surface area is 548 Å². The predicted octanol–water partition coefficient (Wildman–Crippen LogP) is 15.9. The van der Waals surface area contributed by atoms with Gasteiger partial charge in [0.2, 0.25) is 0 Å². The molecule has 0 unspecified atom stereocenters. The summed E-state index contributed by atoms with van der Waals surface area (Å²) in [5.74, 6) is 0. The van der Waals surface area contributed by atoms with E-state index >= 15 is 0 Å². The van der Waals surface area contributed by atoms with Crippen molar-refractivity contribution in [1.29, 1.82) is 0 Å². The maximum atomic E-state index is 4.35. The average Bonchev–Trinajstić information content (AvgIpc) is 1.14. The molecule has 0 amide bonds. The molecule has 18 rings (SSSR count). The average molecular weight is 1340 g/mol. The summed E-state index contributed by atoms with van der Waals surface area (Å²) in [6.07, 6.45) is 57.0. The fourth-order valence-electron chi connectivity index (χ4n) is 9.38. The molecule has 0 saturated heterocycles. The van der Waals surface area contributed by atoms with Crippen LogP contribution in [0.5, 0.6) is 0 Å². The smallest absolute Gasteiger partial charge is 0.665 e. The van der Waals surface area contributed by atoms with E-state index in [4.69, 9.17) is 0 Å². The molecule has 0 N–H and O–H groups in total. The summed E-state index contributed by atoms with van der Waals surface area (Å²) in [5, 5.41) is 46.3. The molecule has 0 radical (unpaired) electrons. The SMILES string of the molecule is C1=C[N-]c2c3c(ccc2=C1)=CC=C[N-]3.C1=C[N-]c2c3c(ccc2=C1)=CC=C[N-]3.C1=C[N-]c2c3c(ccc2=C1)=CC=C[N-]3.C1=C[N-]c2c3c(ccc2=C1)=CC=C[N-]3.[Ru+4].[Ru+4].c1ccc2ncccc2c1.c1ccc2ncccc2c1.c1ccncc1.c1ccncc1. The number of para-hydroxylation sites is 2. The second-order valence-electron chi connectivity index (χ2n) is 19.3. The van der Waals surface area contributed by atoms with Crippen LogP contribution in [0.25, 0.3) is 113 Å². The quantitative estimate of drug-likeness (QED) is 0.138. The van der Waals surface area contributed by atoms with Crippen LogP contribution in [0.2, 0.25) is 0 Å². The molecule has 0 saturated carbocycles. The zero-order valence-electron chi connectivity index (χ0n) is 48.4. The van der Waals surface area contributed by atoms with E-state index in [9.17, 15) is 0 Å². The van der Waals surface area contributed by atoms with Gasteiger partial charge in [-0.3, -0.25) is 19.9 Å². The van der Waals surface area contributed by atoms with Crippen LogP contribution in [-0.2, 0) is 39.0 Å². The predicted molar refractivity (Wildman–Crippen MR) is 368 cm³/mol. The van der Waals surface area contributed by atoms with Crippen LogP contribution in [0.4, 0.5) is 45.5 Å². The molecule has 0 fully saturated rings. The van der Waals surface area contributed by atoms with Crippen molar-refractivity contribution in [2.75, 3.05) is 0 Å². The minimum atomic E-state index is 0. The van der Waals surface area contributed by atoms with Gasteiger partial charge in [0.15, 0.2) is 0 Å². The minimum Gasteiger partial charge on any atom is -0.665 e. The standard InChI is InChI=1S/4C12H8N2.2C9H7N.2C5H5N.2Ru/c4*1-3-9-5-6-10-4-2-8-14-12(10)11(9)13-7-1;2*1-2-6-9-8(4-1)5-3-7-10-9;2*1-2-4-6-5-3-1;;/h4*1-8H;2*1-7H;2*1-5H;;/q4*-2;;;;;2*+4. The van der Waals surface area contributed by atoms with Crippen molar-refractivity contribution >= 4 is 116 Å². The van der Waals surface area contributed by atoms with E-state index in [-0.39, 0.29) is 39.0 Å². The summed E-state index contributed by atoms with van der Waals surface area (Å²) in [5.41, 5.74) is 9.94. The number of rotatable bonds is 0. The number of allylic oxidation sites excluding steroid dienone is 8. The fraction of sp³-hybridized carbons (Fsp3) is 0. The zero-order valence-corrected chi connectivity index (χ0v) is 51.9. The third-order valence-electron chi connectivity index (χ3n) is 13.5. The van der Waals surface area contributed by atoms with E-state index in [1.165, 1.54) is 10.8 Å². The number of hydrogen-bond acceptors (Lipinski definition) is 4. The van der Waals surface area contributed by atoms with Crippen molar-refractivity contribution in [1.82, 2.24) is 19.9 Å². The zero-order chi connectivity index (χ0) is 59.6. The first-order valence-corrected chi connectivity index (χ1v) is 28.4. The van der Waals surface area contributed by atoms with Crippen LogP contribution in [0.15, 0.2) is 293 Å². The van der Waals surface area contributed by atoms with Crippen molar-refractivity contribution < 1.29 is 39.0 Å². The number of nitrogens with zero attached hydrogens (tertiary/aromatic N) is 12. The number of fused-ring (bicyclic) bond motifs is 14. The summed E-state index contributed by atoms with van der Waals surface area (Å²) in [7, 11) is 0. The first kappa shape index (κ1) is 63.5. The van der Waals surface area contributed by atoms with Crippen LogP contribution in [0, 0.1) is 0 Å². The minimum absolute atomic E-state index is 0. The topological polar surface area (TPSA) is 164 Å². The van der Waals surface area contributed by atoms with E-state index in [0.29, 0.717) is 0 Å². The van der Waals surface area contributed by atoms with Crippen LogP contribution < -0.4 is 41.7 Å². The van der Waals surface area contributed by atoms with E-state index in [1.807, 2.05) is 146 Å². The molecule has 436 valence electrons. The van der Waals surface area contributed by atoms with Crippen molar-refractivity contribution in [3.05, 3.63) is 377 Å². The number of hydrogen-bond donors (Lipinski definition) is 0. The number of benzene rings is 6. The van der Waals surface area contributed by atoms with Crippen LogP contribution >= 0.6 is 0 Å². The van der Waals surface area contributed by atoms with Gasteiger partial charge in [0, 0.05) is 48.0 Å². The molecule has 0 atom stereocenters. The van der Waals surface area contributed by atoms with Crippen LogP contribution in [-0.4, -0.2) is 19.9 Å². The van der Waals surface area contributed by atoms with Crippen molar-refractivity contribution in [2.45, 2.75) is 0 Å². The third kappa shape index (κ3) is 17.1. The molecule has 0 bridgehead atoms. The van der Waals surface area contributed by atoms with Crippen LogP contribution in [0.1, 0.15) is 0 Å². The molecule has 90 heavy (non-hydrogen) atoms. The normalized spacial score (nSPS) is 12.9. The van der Waals surface area contributed by atoms with Gasteiger partial charge in [0.05, 0.1) is 11.0 Å². The third-order valence-corrected chi connectivity index (χ3v) is 13.5. The Hall–Kier alpha value is -11.0. The molecule has 0 spiro atoms. The maximum Gasteiger partial charge on any atom is 4.00 e. The molecule has 12 heterocycles. The largest absolute Gasteiger partial charge is 4.00 e. The molecule has 12 nitrogen and oxygen atoms in total. The van der Waals surface area contributed by atoms with E-state index in [0.717, 1.165) is 98.3 Å². The van der Waals surface area contributed by atoms with Gasteiger partial charge in [-0.05, 0) is 90.3 Å². The van der Waals surface area contributed by atoms with E-state index < -0.39 is 0 Å². The first-order valence-electron chi connectivity index (χ1n) is 28.4. The number of pyridine rings is 4. The van der Waals surface area contributed by atoms with Gasteiger partial charge in [-0.1, -0.05) is 206 Å². The van der Waals surface area contributed by atoms with Gasteiger partial charge in [-0.2, -0.15) is 49.6 Å². The Balaban J connectivity index is 0.000000123. The molecule has 8 aliphatic rings. The Bertz CT molecular complexity index is 3980. The summed E-state index contributed by atoms with van der Waals surface area (Å²) in [6.45, 7) is 0. The summed E-state index contributed by atoms with van der Waals surface area (Å²) in [4.78, 5) is 15.9. The summed E-state index contributed by atoms with van der Waals surface area (Å²) in [6, 6.07) is 52.2. The van der Waals surface area contributed by atoms with Crippen LogP contribution in [0.3, 0.4) is 0 Å². The maximum absolute atomic E-state index is 4.35. The second kappa shape index (κ2) is 33.8. The van der Waals surface area contributed by atoms with E-state index in [2.05, 4.69) is 184 Å². The first-order chi connectivity index (χ1) is 43.7. The van der Waals surface area contributed by atoms with Gasteiger partial charge in [0.25, 0.3) is 0 Å². The Morgan fingerprint density at radius 1 is 0.200 bits per heavy atom. The number of aromatic nitrogens is 4. The molecule has 8 aliphatic heterocycles. The molecule has 4 aromatic heterocycles. The van der Waals surface area contributed by atoms with E-state index in [1.54, 1.807) is 74.4 Å². The molecule has 10 aromatic rings. The van der Waals surface area contributed by atoms with Gasteiger partial charge >= 0.3 is 39.0 Å². The van der Waals surface area contributed by atoms with Gasteiger partial charge < -0.3 is 42.5 Å². The van der Waals surface area contributed by atoms with Crippen molar-refractivity contribution in [2.24, 2.45) is 0 Å². The summed E-state index contributed by atoms with van der Waals surface area (Å²) >= 11 is 0. The monoisotopic (exact) mass is 1340 g/mol. The Morgan fingerprint density at radius 3 is 0.600 bits per heavy atom. The van der Waals surface area contributed by atoms with Crippen molar-refractivity contribution in [3.63, 3.8) is 0 Å².